The number of halogens is 6. The van der Waals surface area contributed by atoms with E-state index in [2.05, 4.69) is 0 Å². The average Bonchev–Trinajstić information content (AvgIpc) is 2.44. The van der Waals surface area contributed by atoms with Gasteiger partial charge in [-0.2, -0.15) is 0 Å². The van der Waals surface area contributed by atoms with Crippen LogP contribution in [0.15, 0.2) is 24.3 Å². The van der Waals surface area contributed by atoms with E-state index in [-0.39, 0.29) is 44.8 Å². The first-order valence-corrected chi connectivity index (χ1v) is 8.77. The second-order valence-corrected chi connectivity index (χ2v) is 7.17. The summed E-state index contributed by atoms with van der Waals surface area (Å²) in [5.74, 6) is 0.452. The maximum Gasteiger partial charge on any atom is 0.156 e. The fourth-order valence-corrected chi connectivity index (χ4v) is 3.59. The molecule has 0 atom stereocenters. The zero-order chi connectivity index (χ0) is 17.9. The van der Waals surface area contributed by atoms with Crippen molar-refractivity contribution in [1.29, 1.82) is 0 Å². The van der Waals surface area contributed by atoms with Gasteiger partial charge >= 0.3 is 0 Å². The summed E-state index contributed by atoms with van der Waals surface area (Å²) in [6, 6.07) is 5.95. The molecule has 0 saturated heterocycles. The summed E-state index contributed by atoms with van der Waals surface area (Å²) in [4.78, 5) is 0. The van der Waals surface area contributed by atoms with Crippen molar-refractivity contribution >= 4 is 69.6 Å². The Labute approximate surface area is 168 Å². The van der Waals surface area contributed by atoms with Gasteiger partial charge in [0, 0.05) is 10.0 Å². The summed E-state index contributed by atoms with van der Waals surface area (Å²) in [6.07, 6.45) is -0.976. The van der Waals surface area contributed by atoms with Gasteiger partial charge in [0.2, 0.25) is 0 Å². The maximum atomic E-state index is 9.97. The van der Waals surface area contributed by atoms with Gasteiger partial charge in [-0.1, -0.05) is 69.6 Å². The molecule has 0 heterocycles. The molecule has 0 aliphatic rings. The second-order valence-electron chi connectivity index (χ2n) is 4.67. The number of rotatable bonds is 6. The van der Waals surface area contributed by atoms with Crippen LogP contribution >= 0.6 is 69.6 Å². The Hall–Kier alpha value is -0.260. The third-order valence-electron chi connectivity index (χ3n) is 2.77. The highest BCUT2D eigenvalue weighted by molar-refractivity contribution is 6.40. The molecule has 2 rings (SSSR count). The van der Waals surface area contributed by atoms with E-state index in [1.54, 1.807) is 0 Å². The van der Waals surface area contributed by atoms with Gasteiger partial charge in [0.05, 0.1) is 20.1 Å². The summed E-state index contributed by atoms with van der Waals surface area (Å²) >= 11 is 35.6. The molecule has 0 saturated carbocycles. The molecule has 0 amide bonds. The molecule has 0 spiro atoms. The molecule has 130 valence electrons. The molecule has 2 aromatic rings. The molecule has 0 unspecified atom stereocenters. The molecule has 0 fully saturated rings. The summed E-state index contributed by atoms with van der Waals surface area (Å²) in [7, 11) is 0. The minimum Gasteiger partial charge on any atom is -0.488 e. The Balaban J connectivity index is 1.94. The van der Waals surface area contributed by atoms with Crippen LogP contribution in [0.3, 0.4) is 0 Å². The highest BCUT2D eigenvalue weighted by atomic mass is 35.5. The molecule has 1 N–H and O–H groups in total. The van der Waals surface area contributed by atoms with Crippen LogP contribution in [0.5, 0.6) is 11.5 Å². The van der Waals surface area contributed by atoms with E-state index < -0.39 is 6.10 Å². The Kier molecular flexibility index (Phi) is 7.44. The van der Waals surface area contributed by atoms with Crippen LogP contribution in [-0.4, -0.2) is 24.4 Å². The second kappa shape index (κ2) is 8.91. The lowest BCUT2D eigenvalue weighted by Gasteiger charge is -2.16. The third kappa shape index (κ3) is 5.37. The average molecular weight is 451 g/mol. The highest BCUT2D eigenvalue weighted by Gasteiger charge is 2.15. The molecule has 3 nitrogen and oxygen atoms in total. The Morgan fingerprint density at radius 2 is 0.958 bits per heavy atom. The SMILES string of the molecule is OC(COc1c(Cl)cc(Cl)cc1Cl)COc1c(Cl)cc(Cl)cc1Cl. The molecule has 0 aliphatic carbocycles. The van der Waals surface area contributed by atoms with E-state index in [9.17, 15) is 5.11 Å². The van der Waals surface area contributed by atoms with Gasteiger partial charge in [-0.15, -0.1) is 0 Å². The summed E-state index contributed by atoms with van der Waals surface area (Å²) < 4.78 is 10.8. The standard InChI is InChI=1S/C15H10Cl6O3/c16-7-1-10(18)14(11(19)2-7)23-5-9(22)6-24-15-12(20)3-8(17)4-13(15)21/h1-4,9,22H,5-6H2. The summed E-state index contributed by atoms with van der Waals surface area (Å²) in [6.45, 7) is -0.214. The van der Waals surface area contributed by atoms with Gasteiger partial charge in [0.1, 0.15) is 19.3 Å². The van der Waals surface area contributed by atoms with Gasteiger partial charge in [-0.25, -0.2) is 0 Å². The van der Waals surface area contributed by atoms with Gasteiger partial charge in [-0.3, -0.25) is 0 Å². The first-order valence-electron chi connectivity index (χ1n) is 6.50. The minimum atomic E-state index is -0.976. The molecule has 0 radical (unpaired) electrons. The number of aliphatic hydroxyl groups excluding tert-OH is 1. The molecular weight excluding hydrogens is 441 g/mol. The predicted molar refractivity (Wildman–Crippen MR) is 99.9 cm³/mol. The molecular formula is C15H10Cl6O3. The monoisotopic (exact) mass is 448 g/mol. The first-order chi connectivity index (χ1) is 11.3. The predicted octanol–water partition coefficient (Wildman–Crippen LogP) is 6.43. The molecule has 9 heteroatoms. The van der Waals surface area contributed by atoms with Crippen LogP contribution in [0.25, 0.3) is 0 Å². The van der Waals surface area contributed by atoms with Crippen molar-refractivity contribution < 1.29 is 14.6 Å². The number of benzene rings is 2. The van der Waals surface area contributed by atoms with Crippen LogP contribution in [0.2, 0.25) is 30.1 Å². The van der Waals surface area contributed by atoms with E-state index >= 15 is 0 Å². The van der Waals surface area contributed by atoms with Crippen LogP contribution in [0.4, 0.5) is 0 Å². The smallest absolute Gasteiger partial charge is 0.156 e. The molecule has 0 aliphatic heterocycles. The fraction of sp³-hybridized carbons (Fsp3) is 0.200. The van der Waals surface area contributed by atoms with E-state index in [0.29, 0.717) is 10.0 Å². The van der Waals surface area contributed by atoms with Crippen molar-refractivity contribution in [2.45, 2.75) is 6.10 Å². The largest absolute Gasteiger partial charge is 0.488 e. The lowest BCUT2D eigenvalue weighted by molar-refractivity contribution is 0.0628. The lowest BCUT2D eigenvalue weighted by Crippen LogP contribution is -2.25. The van der Waals surface area contributed by atoms with E-state index in [4.69, 9.17) is 79.1 Å². The minimum absolute atomic E-state index is 0.107. The zero-order valence-corrected chi connectivity index (χ0v) is 16.4. The van der Waals surface area contributed by atoms with Gasteiger partial charge in [0.25, 0.3) is 0 Å². The quantitative estimate of drug-likeness (QED) is 0.551. The van der Waals surface area contributed by atoms with Crippen molar-refractivity contribution in [2.24, 2.45) is 0 Å². The first kappa shape index (κ1) is 20.1. The Morgan fingerprint density at radius 1 is 0.667 bits per heavy atom. The third-order valence-corrected chi connectivity index (χ3v) is 4.33. The number of hydrogen-bond donors (Lipinski definition) is 1. The van der Waals surface area contributed by atoms with Crippen molar-refractivity contribution in [3.63, 3.8) is 0 Å². The summed E-state index contributed by atoms with van der Waals surface area (Å²) in [5.41, 5.74) is 0. The topological polar surface area (TPSA) is 38.7 Å². The van der Waals surface area contributed by atoms with Gasteiger partial charge < -0.3 is 14.6 Å². The molecule has 0 bridgehead atoms. The van der Waals surface area contributed by atoms with Crippen LogP contribution in [0, 0.1) is 0 Å². The Bertz CT molecular complexity index is 630. The zero-order valence-electron chi connectivity index (χ0n) is 11.8. The number of ether oxygens (including phenoxy) is 2. The fourth-order valence-electron chi connectivity index (χ4n) is 1.74. The van der Waals surface area contributed by atoms with Crippen LogP contribution in [-0.2, 0) is 0 Å². The maximum absolute atomic E-state index is 9.97. The normalized spacial score (nSPS) is 11.0. The lowest BCUT2D eigenvalue weighted by atomic mass is 10.3. The van der Waals surface area contributed by atoms with Gasteiger partial charge in [-0.05, 0) is 24.3 Å². The van der Waals surface area contributed by atoms with Crippen LogP contribution in [0.1, 0.15) is 0 Å². The number of aliphatic hydroxyl groups is 1. The van der Waals surface area contributed by atoms with E-state index in [1.165, 1.54) is 24.3 Å². The molecule has 0 aromatic heterocycles. The van der Waals surface area contributed by atoms with Crippen molar-refractivity contribution in [1.82, 2.24) is 0 Å². The molecule has 2 aromatic carbocycles. The van der Waals surface area contributed by atoms with Gasteiger partial charge in [0.15, 0.2) is 11.5 Å². The summed E-state index contributed by atoms with van der Waals surface area (Å²) in [5, 5.41) is 11.7. The van der Waals surface area contributed by atoms with Crippen molar-refractivity contribution in [3.05, 3.63) is 54.4 Å². The number of hydrogen-bond acceptors (Lipinski definition) is 3. The molecule has 24 heavy (non-hydrogen) atoms. The van der Waals surface area contributed by atoms with E-state index in [0.717, 1.165) is 0 Å². The highest BCUT2D eigenvalue weighted by Crippen LogP contribution is 2.37. The van der Waals surface area contributed by atoms with Crippen LogP contribution < -0.4 is 9.47 Å². The van der Waals surface area contributed by atoms with Crippen molar-refractivity contribution in [3.8, 4) is 11.5 Å². The van der Waals surface area contributed by atoms with E-state index in [1.807, 2.05) is 0 Å². The Morgan fingerprint density at radius 3 is 1.25 bits per heavy atom. The van der Waals surface area contributed by atoms with Crippen molar-refractivity contribution in [2.75, 3.05) is 13.2 Å².